The second-order valence-corrected chi connectivity index (χ2v) is 16.8. The zero-order valence-corrected chi connectivity index (χ0v) is 35.0. The minimum absolute atomic E-state index is 0.0243. The van der Waals surface area contributed by atoms with Crippen LogP contribution in [-0.2, 0) is 27.9 Å². The van der Waals surface area contributed by atoms with Gasteiger partial charge in [-0.2, -0.15) is 0 Å². The molecule has 302 valence electrons. The number of esters is 1. The first-order chi connectivity index (χ1) is 24.6. The summed E-state index contributed by atoms with van der Waals surface area (Å²) in [6, 6.07) is 0. The van der Waals surface area contributed by atoms with Crippen LogP contribution in [0.4, 0.5) is 0 Å². The largest absolute Gasteiger partial charge is 0.756 e. The molecular formula is C42H82NO7P. The second kappa shape index (κ2) is 36.0. The topological polar surface area (TPSA) is 94.1 Å². The van der Waals surface area contributed by atoms with Gasteiger partial charge in [0.15, 0.2) is 0 Å². The van der Waals surface area contributed by atoms with Gasteiger partial charge in [-0.25, -0.2) is 0 Å². The molecule has 2 unspecified atom stereocenters. The van der Waals surface area contributed by atoms with Crippen molar-refractivity contribution in [1.29, 1.82) is 0 Å². The predicted molar refractivity (Wildman–Crippen MR) is 213 cm³/mol. The van der Waals surface area contributed by atoms with Gasteiger partial charge in [-0.15, -0.1) is 0 Å². The number of allylic oxidation sites excluding steroid dienone is 4. The third kappa shape index (κ3) is 40.0. The van der Waals surface area contributed by atoms with Gasteiger partial charge in [0.1, 0.15) is 19.3 Å². The Morgan fingerprint density at radius 3 is 1.49 bits per heavy atom. The molecule has 0 radical (unpaired) electrons. The maximum absolute atomic E-state index is 12.6. The second-order valence-electron chi connectivity index (χ2n) is 15.3. The summed E-state index contributed by atoms with van der Waals surface area (Å²) in [6.07, 6.45) is 38.9. The molecule has 0 aromatic heterocycles. The van der Waals surface area contributed by atoms with Gasteiger partial charge in [0.25, 0.3) is 7.82 Å². The number of unbranched alkanes of at least 4 members (excludes halogenated alkanes) is 21. The Bertz CT molecular complexity index is 874. The maximum atomic E-state index is 12.6. The van der Waals surface area contributed by atoms with Gasteiger partial charge >= 0.3 is 5.97 Å². The van der Waals surface area contributed by atoms with E-state index in [4.69, 9.17) is 18.5 Å². The van der Waals surface area contributed by atoms with E-state index in [1.807, 2.05) is 21.1 Å². The van der Waals surface area contributed by atoms with Gasteiger partial charge < -0.3 is 27.9 Å². The molecule has 0 aliphatic heterocycles. The van der Waals surface area contributed by atoms with Crippen LogP contribution in [0.15, 0.2) is 24.3 Å². The van der Waals surface area contributed by atoms with Gasteiger partial charge in [0.05, 0.1) is 34.4 Å². The number of hydrogen-bond acceptors (Lipinski definition) is 7. The number of nitrogens with zero attached hydrogens (tertiary/aromatic N) is 1. The van der Waals surface area contributed by atoms with Gasteiger partial charge in [0.2, 0.25) is 0 Å². The number of phosphoric acid groups is 1. The highest BCUT2D eigenvalue weighted by atomic mass is 31.2. The van der Waals surface area contributed by atoms with Crippen molar-refractivity contribution in [3.63, 3.8) is 0 Å². The summed E-state index contributed by atoms with van der Waals surface area (Å²) in [7, 11) is 1.35. The molecule has 51 heavy (non-hydrogen) atoms. The van der Waals surface area contributed by atoms with E-state index in [-0.39, 0.29) is 25.8 Å². The Balaban J connectivity index is 4.28. The SMILES string of the molecule is CCCCCCC/C=C\CCCCCCCCOCC(COP(=O)([O-])OCC[N+](C)(C)C)OC(=O)CCCCCCC/C=C\CCCCCCC. The lowest BCUT2D eigenvalue weighted by atomic mass is 10.1. The normalized spacial score (nSPS) is 14.1. The van der Waals surface area contributed by atoms with Crippen molar-refractivity contribution >= 4 is 13.8 Å². The van der Waals surface area contributed by atoms with E-state index in [1.165, 1.54) is 116 Å². The number of carbonyl (C=O) groups excluding carboxylic acids is 1. The first-order valence-electron chi connectivity index (χ1n) is 21.1. The number of hydrogen-bond donors (Lipinski definition) is 0. The highest BCUT2D eigenvalue weighted by Crippen LogP contribution is 2.38. The lowest BCUT2D eigenvalue weighted by Gasteiger charge is -2.28. The molecule has 0 heterocycles. The Morgan fingerprint density at radius 1 is 0.588 bits per heavy atom. The van der Waals surface area contributed by atoms with Crippen LogP contribution in [0, 0.1) is 0 Å². The summed E-state index contributed by atoms with van der Waals surface area (Å²) in [5.74, 6) is -0.345. The molecule has 0 aromatic rings. The summed E-state index contributed by atoms with van der Waals surface area (Å²) >= 11 is 0. The Labute approximate surface area is 315 Å². The molecule has 0 saturated heterocycles. The first kappa shape index (κ1) is 50.0. The smallest absolute Gasteiger partial charge is 0.306 e. The number of quaternary nitrogens is 1. The van der Waals surface area contributed by atoms with Crippen LogP contribution in [-0.4, -0.2) is 70.7 Å². The van der Waals surface area contributed by atoms with E-state index in [0.29, 0.717) is 24.1 Å². The predicted octanol–water partition coefficient (Wildman–Crippen LogP) is 11.4. The highest BCUT2D eigenvalue weighted by Gasteiger charge is 2.20. The average Bonchev–Trinajstić information content (AvgIpc) is 3.08. The van der Waals surface area contributed by atoms with Crippen molar-refractivity contribution in [2.24, 2.45) is 0 Å². The minimum Gasteiger partial charge on any atom is -0.756 e. The Hall–Kier alpha value is -1.02. The number of phosphoric ester groups is 1. The highest BCUT2D eigenvalue weighted by molar-refractivity contribution is 7.45. The fraction of sp³-hybridized carbons (Fsp3) is 0.881. The number of rotatable bonds is 39. The minimum atomic E-state index is -4.52. The Morgan fingerprint density at radius 2 is 1.02 bits per heavy atom. The molecule has 8 nitrogen and oxygen atoms in total. The van der Waals surface area contributed by atoms with E-state index >= 15 is 0 Å². The molecule has 0 aromatic carbocycles. The van der Waals surface area contributed by atoms with Crippen LogP contribution in [0.5, 0.6) is 0 Å². The monoisotopic (exact) mass is 744 g/mol. The third-order valence-corrected chi connectivity index (χ3v) is 9.94. The van der Waals surface area contributed by atoms with Gasteiger partial charge in [-0.3, -0.25) is 9.36 Å². The van der Waals surface area contributed by atoms with E-state index in [1.54, 1.807) is 0 Å². The number of likely N-dealkylation sites (N-methyl/N-ethyl adjacent to an activating group) is 1. The van der Waals surface area contributed by atoms with Crippen molar-refractivity contribution in [1.82, 2.24) is 0 Å². The molecule has 0 fully saturated rings. The average molecular weight is 744 g/mol. The standard InChI is InChI=1S/C42H82NO7P/c1-6-8-10-12-14-16-18-20-22-24-26-28-30-32-34-37-47-39-41(40-49-51(45,46)48-38-36-43(3,4)5)50-42(44)35-33-31-29-27-25-23-21-19-17-15-13-11-9-7-2/h18-21,41H,6-17,22-40H2,1-5H3/b20-18-,21-19-. The summed E-state index contributed by atoms with van der Waals surface area (Å²) in [5.41, 5.74) is 0. The molecule has 2 atom stereocenters. The fourth-order valence-corrected chi connectivity index (χ4v) is 6.38. The number of carbonyl (C=O) groups is 1. The summed E-state index contributed by atoms with van der Waals surface area (Å²) in [6.45, 7) is 5.38. The van der Waals surface area contributed by atoms with E-state index in [2.05, 4.69) is 38.2 Å². The summed E-state index contributed by atoms with van der Waals surface area (Å²) in [5, 5.41) is 0. The van der Waals surface area contributed by atoms with Crippen LogP contribution in [0.2, 0.25) is 0 Å². The van der Waals surface area contributed by atoms with Crippen molar-refractivity contribution in [2.75, 3.05) is 54.1 Å². The van der Waals surface area contributed by atoms with Gasteiger partial charge in [-0.05, 0) is 64.2 Å². The van der Waals surface area contributed by atoms with Crippen molar-refractivity contribution < 1.29 is 37.3 Å². The number of ether oxygens (including phenoxy) is 2. The Kier molecular flexibility index (Phi) is 35.3. The van der Waals surface area contributed by atoms with Crippen molar-refractivity contribution in [3.8, 4) is 0 Å². The zero-order chi connectivity index (χ0) is 37.7. The lowest BCUT2D eigenvalue weighted by molar-refractivity contribution is -0.870. The molecular weight excluding hydrogens is 661 g/mol. The van der Waals surface area contributed by atoms with E-state index < -0.39 is 13.9 Å². The zero-order valence-electron chi connectivity index (χ0n) is 34.1. The third-order valence-electron chi connectivity index (χ3n) is 8.98. The van der Waals surface area contributed by atoms with Crippen molar-refractivity contribution in [2.45, 2.75) is 187 Å². The molecule has 0 N–H and O–H groups in total. The van der Waals surface area contributed by atoms with Crippen molar-refractivity contribution in [3.05, 3.63) is 24.3 Å². The van der Waals surface area contributed by atoms with Crippen LogP contribution in [0.25, 0.3) is 0 Å². The van der Waals surface area contributed by atoms with Crippen LogP contribution in [0.3, 0.4) is 0 Å². The summed E-state index contributed by atoms with van der Waals surface area (Å²) < 4.78 is 34.5. The van der Waals surface area contributed by atoms with E-state index in [9.17, 15) is 14.3 Å². The van der Waals surface area contributed by atoms with Gasteiger partial charge in [-0.1, -0.05) is 134 Å². The summed E-state index contributed by atoms with van der Waals surface area (Å²) in [4.78, 5) is 25.0. The quantitative estimate of drug-likeness (QED) is 0.0203. The molecule has 0 amide bonds. The van der Waals surface area contributed by atoms with Crippen LogP contribution < -0.4 is 4.89 Å². The molecule has 0 rings (SSSR count). The van der Waals surface area contributed by atoms with Crippen LogP contribution in [0.1, 0.15) is 181 Å². The maximum Gasteiger partial charge on any atom is 0.306 e. The van der Waals surface area contributed by atoms with E-state index in [0.717, 1.165) is 44.9 Å². The molecule has 0 saturated carbocycles. The molecule has 0 aliphatic carbocycles. The lowest BCUT2D eigenvalue weighted by Crippen LogP contribution is -2.37. The molecule has 9 heteroatoms. The molecule has 0 spiro atoms. The fourth-order valence-electron chi connectivity index (χ4n) is 5.65. The molecule has 0 bridgehead atoms. The van der Waals surface area contributed by atoms with Crippen LogP contribution >= 0.6 is 7.82 Å². The molecule has 0 aliphatic rings. The first-order valence-corrected chi connectivity index (χ1v) is 22.5. The van der Waals surface area contributed by atoms with Gasteiger partial charge in [0, 0.05) is 13.0 Å².